The number of benzene rings is 2. The number of carbonyl (C=O) groups is 1. The molecule has 0 fully saturated rings. The maximum atomic E-state index is 13.9. The van der Waals surface area contributed by atoms with Crippen molar-refractivity contribution >= 4 is 16.8 Å². The third kappa shape index (κ3) is 3.36. The number of halogens is 2. The molecule has 0 aliphatic rings. The summed E-state index contributed by atoms with van der Waals surface area (Å²) < 4.78 is 26.9. The molecule has 0 saturated heterocycles. The van der Waals surface area contributed by atoms with E-state index < -0.39 is 23.1 Å². The lowest BCUT2D eigenvalue weighted by Gasteiger charge is -2.24. The van der Waals surface area contributed by atoms with E-state index in [-0.39, 0.29) is 17.8 Å². The van der Waals surface area contributed by atoms with E-state index in [1.807, 2.05) is 25.1 Å². The predicted molar refractivity (Wildman–Crippen MR) is 89.1 cm³/mol. The third-order valence-corrected chi connectivity index (χ3v) is 4.04. The predicted octanol–water partition coefficient (Wildman–Crippen LogP) is 2.79. The lowest BCUT2D eigenvalue weighted by molar-refractivity contribution is 0.0493. The van der Waals surface area contributed by atoms with Crippen LogP contribution in [0.5, 0.6) is 0 Å². The van der Waals surface area contributed by atoms with E-state index in [0.29, 0.717) is 17.0 Å². The van der Waals surface area contributed by atoms with Crippen LogP contribution in [0.4, 0.5) is 8.78 Å². The van der Waals surface area contributed by atoms with E-state index in [1.54, 1.807) is 0 Å². The number of carbonyl (C=O) groups excluding carboxylic acids is 1. The highest BCUT2D eigenvalue weighted by Gasteiger charge is 2.28. The van der Waals surface area contributed by atoms with Gasteiger partial charge >= 0.3 is 0 Å². The summed E-state index contributed by atoms with van der Waals surface area (Å²) in [6.07, 6.45) is 0. The zero-order chi connectivity index (χ0) is 18.2. The SMILES string of the molecule is Cc1ccc2[nH]nc(C(=O)NCC(C)(O)c3ccc(F)cc3F)c2c1. The number of hydrogen-bond acceptors (Lipinski definition) is 3. The molecular weight excluding hydrogens is 328 g/mol. The number of H-pyrrole nitrogens is 1. The Morgan fingerprint density at radius 2 is 2.04 bits per heavy atom. The molecule has 2 aromatic carbocycles. The first-order chi connectivity index (χ1) is 11.8. The Morgan fingerprint density at radius 3 is 2.76 bits per heavy atom. The molecule has 1 atom stereocenters. The van der Waals surface area contributed by atoms with Crippen LogP contribution < -0.4 is 5.32 Å². The Hall–Kier alpha value is -2.80. The number of aryl methyl sites for hydroxylation is 1. The molecule has 0 aliphatic heterocycles. The van der Waals surface area contributed by atoms with Crippen molar-refractivity contribution < 1.29 is 18.7 Å². The van der Waals surface area contributed by atoms with Gasteiger partial charge in [-0.15, -0.1) is 0 Å². The first-order valence-corrected chi connectivity index (χ1v) is 7.69. The van der Waals surface area contributed by atoms with Crippen LogP contribution in [0, 0.1) is 18.6 Å². The topological polar surface area (TPSA) is 78.0 Å². The Bertz CT molecular complexity index is 951. The van der Waals surface area contributed by atoms with Crippen molar-refractivity contribution in [3.05, 3.63) is 64.9 Å². The highest BCUT2D eigenvalue weighted by molar-refractivity contribution is 6.04. The highest BCUT2D eigenvalue weighted by Crippen LogP contribution is 2.24. The molecule has 0 saturated carbocycles. The summed E-state index contributed by atoms with van der Waals surface area (Å²) >= 11 is 0. The number of aliphatic hydroxyl groups is 1. The molecule has 7 heteroatoms. The van der Waals surface area contributed by atoms with Crippen molar-refractivity contribution in [2.75, 3.05) is 6.54 Å². The summed E-state index contributed by atoms with van der Waals surface area (Å²) in [6.45, 7) is 2.99. The van der Waals surface area contributed by atoms with Gasteiger partial charge in [0, 0.05) is 17.0 Å². The third-order valence-electron chi connectivity index (χ3n) is 4.04. The van der Waals surface area contributed by atoms with E-state index in [2.05, 4.69) is 15.5 Å². The molecule has 3 rings (SSSR count). The number of amides is 1. The Kier molecular flexibility index (Phi) is 4.26. The molecule has 0 radical (unpaired) electrons. The Morgan fingerprint density at radius 1 is 1.28 bits per heavy atom. The number of fused-ring (bicyclic) bond motifs is 1. The molecule has 5 nitrogen and oxygen atoms in total. The largest absolute Gasteiger partial charge is 0.383 e. The standard InChI is InChI=1S/C18H17F2N3O2/c1-10-3-6-15-12(7-10)16(23-22-15)17(24)21-9-18(2,25)13-5-4-11(19)8-14(13)20/h3-8,25H,9H2,1-2H3,(H,21,24)(H,22,23). The smallest absolute Gasteiger partial charge is 0.272 e. The summed E-state index contributed by atoms with van der Waals surface area (Å²) in [5, 5.41) is 20.4. The van der Waals surface area contributed by atoms with Crippen LogP contribution in [0.3, 0.4) is 0 Å². The molecule has 0 bridgehead atoms. The molecule has 1 unspecified atom stereocenters. The molecular formula is C18H17F2N3O2. The zero-order valence-electron chi connectivity index (χ0n) is 13.7. The van der Waals surface area contributed by atoms with Crippen LogP contribution in [-0.4, -0.2) is 27.8 Å². The van der Waals surface area contributed by atoms with Crippen LogP contribution in [0.2, 0.25) is 0 Å². The van der Waals surface area contributed by atoms with E-state index in [0.717, 1.165) is 17.7 Å². The number of hydrogen-bond donors (Lipinski definition) is 3. The number of nitrogens with one attached hydrogen (secondary N) is 2. The minimum Gasteiger partial charge on any atom is -0.383 e. The number of nitrogens with zero attached hydrogens (tertiary/aromatic N) is 1. The first kappa shape index (κ1) is 17.0. The van der Waals surface area contributed by atoms with Crippen LogP contribution in [-0.2, 0) is 5.60 Å². The van der Waals surface area contributed by atoms with Gasteiger partial charge in [0.2, 0.25) is 0 Å². The first-order valence-electron chi connectivity index (χ1n) is 7.69. The maximum Gasteiger partial charge on any atom is 0.272 e. The van der Waals surface area contributed by atoms with Crippen LogP contribution >= 0.6 is 0 Å². The fraction of sp³-hybridized carbons (Fsp3) is 0.222. The van der Waals surface area contributed by atoms with Gasteiger partial charge in [0.15, 0.2) is 5.69 Å². The summed E-state index contributed by atoms with van der Waals surface area (Å²) in [5.41, 5.74) is 0.0802. The van der Waals surface area contributed by atoms with Gasteiger partial charge in [0.25, 0.3) is 5.91 Å². The average molecular weight is 345 g/mol. The number of aromatic nitrogens is 2. The zero-order valence-corrected chi connectivity index (χ0v) is 13.7. The van der Waals surface area contributed by atoms with E-state index in [9.17, 15) is 18.7 Å². The van der Waals surface area contributed by atoms with Crippen molar-refractivity contribution in [3.8, 4) is 0 Å². The molecule has 1 aromatic heterocycles. The minimum absolute atomic E-state index is 0.100. The molecule has 1 amide bonds. The van der Waals surface area contributed by atoms with E-state index >= 15 is 0 Å². The summed E-state index contributed by atoms with van der Waals surface area (Å²) in [6, 6.07) is 8.44. The van der Waals surface area contributed by atoms with Gasteiger partial charge in [-0.25, -0.2) is 8.78 Å². The van der Waals surface area contributed by atoms with Crippen LogP contribution in [0.15, 0.2) is 36.4 Å². The van der Waals surface area contributed by atoms with E-state index in [1.165, 1.54) is 6.92 Å². The van der Waals surface area contributed by atoms with Gasteiger partial charge in [-0.3, -0.25) is 9.89 Å². The Labute approximate surface area is 142 Å². The van der Waals surface area contributed by atoms with Gasteiger partial charge in [-0.05, 0) is 32.0 Å². The molecule has 0 spiro atoms. The van der Waals surface area contributed by atoms with Crippen molar-refractivity contribution in [2.45, 2.75) is 19.4 Å². The van der Waals surface area contributed by atoms with E-state index in [4.69, 9.17) is 0 Å². The van der Waals surface area contributed by atoms with Gasteiger partial charge in [-0.2, -0.15) is 5.10 Å². The van der Waals surface area contributed by atoms with Crippen LogP contribution in [0.1, 0.15) is 28.5 Å². The normalized spacial score (nSPS) is 13.6. The molecule has 3 N–H and O–H groups in total. The molecule has 1 heterocycles. The fourth-order valence-corrected chi connectivity index (χ4v) is 2.66. The molecule has 25 heavy (non-hydrogen) atoms. The summed E-state index contributed by atoms with van der Waals surface area (Å²) in [5.74, 6) is -2.11. The quantitative estimate of drug-likeness (QED) is 0.680. The Balaban J connectivity index is 1.79. The average Bonchev–Trinajstić information content (AvgIpc) is 2.95. The lowest BCUT2D eigenvalue weighted by atomic mass is 9.95. The number of aromatic amines is 1. The van der Waals surface area contributed by atoms with Gasteiger partial charge in [0.1, 0.15) is 17.2 Å². The van der Waals surface area contributed by atoms with Gasteiger partial charge in [0.05, 0.1) is 12.1 Å². The molecule has 3 aromatic rings. The van der Waals surface area contributed by atoms with Gasteiger partial charge in [-0.1, -0.05) is 17.7 Å². The van der Waals surface area contributed by atoms with Crippen molar-refractivity contribution in [2.24, 2.45) is 0 Å². The lowest BCUT2D eigenvalue weighted by Crippen LogP contribution is -2.39. The fourth-order valence-electron chi connectivity index (χ4n) is 2.66. The van der Waals surface area contributed by atoms with Gasteiger partial charge < -0.3 is 10.4 Å². The van der Waals surface area contributed by atoms with Crippen LogP contribution in [0.25, 0.3) is 10.9 Å². The maximum absolute atomic E-state index is 13.9. The van der Waals surface area contributed by atoms with Crippen molar-refractivity contribution in [1.29, 1.82) is 0 Å². The molecule has 0 aliphatic carbocycles. The second-order valence-corrected chi connectivity index (χ2v) is 6.20. The summed E-state index contributed by atoms with van der Waals surface area (Å²) in [4.78, 5) is 12.4. The van der Waals surface area contributed by atoms with Crippen molar-refractivity contribution in [1.82, 2.24) is 15.5 Å². The number of rotatable bonds is 4. The second kappa shape index (κ2) is 6.25. The minimum atomic E-state index is -1.70. The summed E-state index contributed by atoms with van der Waals surface area (Å²) in [7, 11) is 0. The second-order valence-electron chi connectivity index (χ2n) is 6.20. The highest BCUT2D eigenvalue weighted by atomic mass is 19.1. The molecule has 130 valence electrons. The monoisotopic (exact) mass is 345 g/mol. The van der Waals surface area contributed by atoms with Crippen molar-refractivity contribution in [3.63, 3.8) is 0 Å².